The molecule has 1 aromatic carbocycles. The van der Waals surface area contributed by atoms with Gasteiger partial charge in [-0.05, 0) is 37.6 Å². The number of aryl methyl sites for hydroxylation is 1. The number of anilines is 1. The van der Waals surface area contributed by atoms with Gasteiger partial charge in [-0.1, -0.05) is 12.1 Å². The van der Waals surface area contributed by atoms with Gasteiger partial charge in [0.2, 0.25) is 15.7 Å². The second kappa shape index (κ2) is 6.18. The zero-order chi connectivity index (χ0) is 17.2. The standard InChI is InChI=1S/C16H16N2O4S/c1-10-11(2)22-16(18)15(10)23(19,20)14(9-17)8-12-4-6-13(21-3)7-5-12/h4-8H,18H2,1-3H3/b14-8+. The molecule has 0 saturated carbocycles. The summed E-state index contributed by atoms with van der Waals surface area (Å²) in [4.78, 5) is -0.561. The molecule has 0 bridgehead atoms. The Hall–Kier alpha value is -2.72. The van der Waals surface area contributed by atoms with Gasteiger partial charge >= 0.3 is 0 Å². The molecule has 1 aromatic heterocycles. The van der Waals surface area contributed by atoms with E-state index in [-0.39, 0.29) is 10.8 Å². The number of nitriles is 1. The maximum Gasteiger partial charge on any atom is 0.222 e. The molecule has 23 heavy (non-hydrogen) atoms. The second-order valence-electron chi connectivity index (χ2n) is 4.87. The van der Waals surface area contributed by atoms with Crippen LogP contribution in [0.25, 0.3) is 6.08 Å². The number of sulfone groups is 1. The van der Waals surface area contributed by atoms with Gasteiger partial charge in [0, 0.05) is 5.56 Å². The molecule has 1 heterocycles. The average molecular weight is 332 g/mol. The predicted octanol–water partition coefficient (Wildman–Crippen LogP) is 2.83. The summed E-state index contributed by atoms with van der Waals surface area (Å²) in [6.07, 6.45) is 1.29. The highest BCUT2D eigenvalue weighted by Crippen LogP contribution is 2.33. The van der Waals surface area contributed by atoms with Gasteiger partial charge < -0.3 is 14.9 Å². The van der Waals surface area contributed by atoms with Crippen molar-refractivity contribution in [2.75, 3.05) is 12.8 Å². The van der Waals surface area contributed by atoms with E-state index in [0.29, 0.717) is 22.6 Å². The van der Waals surface area contributed by atoms with Crippen LogP contribution in [0.3, 0.4) is 0 Å². The van der Waals surface area contributed by atoms with E-state index in [2.05, 4.69) is 0 Å². The van der Waals surface area contributed by atoms with E-state index >= 15 is 0 Å². The zero-order valence-electron chi connectivity index (χ0n) is 13.0. The fraction of sp³-hybridized carbons (Fsp3) is 0.188. The average Bonchev–Trinajstić information content (AvgIpc) is 2.78. The molecule has 0 aliphatic rings. The molecule has 120 valence electrons. The Morgan fingerprint density at radius 3 is 2.35 bits per heavy atom. The Morgan fingerprint density at radius 2 is 1.91 bits per heavy atom. The van der Waals surface area contributed by atoms with Gasteiger partial charge in [-0.2, -0.15) is 5.26 Å². The van der Waals surface area contributed by atoms with Crippen molar-refractivity contribution in [3.05, 3.63) is 46.1 Å². The fourth-order valence-corrected chi connectivity index (χ4v) is 3.58. The number of allylic oxidation sites excluding steroid dienone is 1. The molecule has 0 atom stereocenters. The number of hydrogen-bond donors (Lipinski definition) is 1. The van der Waals surface area contributed by atoms with Gasteiger partial charge in [-0.25, -0.2) is 8.42 Å². The Kier molecular flexibility index (Phi) is 4.48. The molecule has 6 nitrogen and oxygen atoms in total. The topological polar surface area (TPSA) is 106 Å². The molecule has 0 aliphatic heterocycles. The summed E-state index contributed by atoms with van der Waals surface area (Å²) in [5, 5.41) is 9.28. The van der Waals surface area contributed by atoms with E-state index in [0.717, 1.165) is 0 Å². The van der Waals surface area contributed by atoms with Gasteiger partial charge in [0.25, 0.3) is 0 Å². The molecule has 7 heteroatoms. The number of ether oxygens (including phenoxy) is 1. The second-order valence-corrected chi connectivity index (χ2v) is 6.73. The van der Waals surface area contributed by atoms with Gasteiger partial charge in [-0.15, -0.1) is 0 Å². The lowest BCUT2D eigenvalue weighted by Gasteiger charge is -2.04. The van der Waals surface area contributed by atoms with Gasteiger partial charge in [-0.3, -0.25) is 0 Å². The Bertz CT molecular complexity index is 901. The first kappa shape index (κ1) is 16.6. The highest BCUT2D eigenvalue weighted by atomic mass is 32.2. The minimum Gasteiger partial charge on any atom is -0.497 e. The highest BCUT2D eigenvalue weighted by Gasteiger charge is 2.29. The maximum atomic E-state index is 12.7. The molecule has 0 radical (unpaired) electrons. The van der Waals surface area contributed by atoms with Crippen LogP contribution in [0.5, 0.6) is 5.75 Å². The third-order valence-corrected chi connectivity index (χ3v) is 5.27. The van der Waals surface area contributed by atoms with E-state index < -0.39 is 14.7 Å². The van der Waals surface area contributed by atoms with Crippen molar-refractivity contribution in [3.63, 3.8) is 0 Å². The Balaban J connectivity index is 2.55. The largest absolute Gasteiger partial charge is 0.497 e. The van der Waals surface area contributed by atoms with E-state index in [1.54, 1.807) is 44.2 Å². The number of nitrogen functional groups attached to an aromatic ring is 1. The van der Waals surface area contributed by atoms with E-state index in [9.17, 15) is 13.7 Å². The van der Waals surface area contributed by atoms with Crippen LogP contribution in [-0.4, -0.2) is 15.5 Å². The SMILES string of the molecule is COc1ccc(/C=C(\C#N)S(=O)(=O)c2c(N)oc(C)c2C)cc1. The lowest BCUT2D eigenvalue weighted by molar-refractivity contribution is 0.415. The van der Waals surface area contributed by atoms with Gasteiger partial charge in [0.05, 0.1) is 7.11 Å². The molecule has 0 fully saturated rings. The molecule has 2 aromatic rings. The van der Waals surface area contributed by atoms with Crippen molar-refractivity contribution in [1.29, 1.82) is 5.26 Å². The number of furan rings is 1. The van der Waals surface area contributed by atoms with Crippen LogP contribution in [0.1, 0.15) is 16.9 Å². The van der Waals surface area contributed by atoms with Crippen LogP contribution in [0, 0.1) is 25.2 Å². The van der Waals surface area contributed by atoms with Crippen molar-refractivity contribution in [2.45, 2.75) is 18.7 Å². The first-order chi connectivity index (χ1) is 10.8. The smallest absolute Gasteiger partial charge is 0.222 e. The van der Waals surface area contributed by atoms with Crippen LogP contribution < -0.4 is 10.5 Å². The summed E-state index contributed by atoms with van der Waals surface area (Å²) in [6.45, 7) is 3.20. The summed E-state index contributed by atoms with van der Waals surface area (Å²) in [6, 6.07) is 8.39. The molecule has 0 spiro atoms. The van der Waals surface area contributed by atoms with E-state index in [1.165, 1.54) is 13.2 Å². The number of methoxy groups -OCH3 is 1. The van der Waals surface area contributed by atoms with Crippen molar-refractivity contribution < 1.29 is 17.6 Å². The van der Waals surface area contributed by atoms with Crippen molar-refractivity contribution in [1.82, 2.24) is 0 Å². The Morgan fingerprint density at radius 1 is 1.30 bits per heavy atom. The summed E-state index contributed by atoms with van der Waals surface area (Å²) in [5.41, 5.74) is 6.61. The quantitative estimate of drug-likeness (QED) is 0.863. The van der Waals surface area contributed by atoms with Gasteiger partial charge in [0.15, 0.2) is 0 Å². The van der Waals surface area contributed by atoms with Crippen molar-refractivity contribution in [3.8, 4) is 11.8 Å². The molecule has 0 unspecified atom stereocenters. The van der Waals surface area contributed by atoms with Crippen LogP contribution >= 0.6 is 0 Å². The molecule has 0 aliphatic carbocycles. The molecule has 2 rings (SSSR count). The predicted molar refractivity (Wildman–Crippen MR) is 86.4 cm³/mol. The Labute approximate surface area is 134 Å². The summed E-state index contributed by atoms with van der Waals surface area (Å²) in [7, 11) is -2.52. The van der Waals surface area contributed by atoms with Crippen LogP contribution in [0.2, 0.25) is 0 Å². The summed E-state index contributed by atoms with van der Waals surface area (Å²) in [5.74, 6) is 0.827. The van der Waals surface area contributed by atoms with Crippen molar-refractivity contribution >= 4 is 21.8 Å². The fourth-order valence-electron chi connectivity index (χ4n) is 2.10. The highest BCUT2D eigenvalue weighted by molar-refractivity contribution is 7.96. The summed E-state index contributed by atoms with van der Waals surface area (Å²) < 4.78 is 35.6. The van der Waals surface area contributed by atoms with Crippen LogP contribution in [0.15, 0.2) is 38.5 Å². The van der Waals surface area contributed by atoms with E-state index in [4.69, 9.17) is 14.9 Å². The number of rotatable bonds is 4. The number of nitrogens with zero attached hydrogens (tertiary/aromatic N) is 1. The summed E-state index contributed by atoms with van der Waals surface area (Å²) >= 11 is 0. The van der Waals surface area contributed by atoms with E-state index in [1.807, 2.05) is 0 Å². The molecular formula is C16H16N2O4S. The number of nitrogens with two attached hydrogens (primary N) is 1. The molecular weight excluding hydrogens is 316 g/mol. The van der Waals surface area contributed by atoms with Crippen LogP contribution in [-0.2, 0) is 9.84 Å². The molecule has 0 saturated heterocycles. The number of benzene rings is 1. The van der Waals surface area contributed by atoms with Crippen LogP contribution in [0.4, 0.5) is 5.88 Å². The normalized spacial score (nSPS) is 12.0. The minimum absolute atomic E-state index is 0.156. The zero-order valence-corrected chi connectivity index (χ0v) is 13.8. The minimum atomic E-state index is -4.06. The number of hydrogen-bond acceptors (Lipinski definition) is 6. The first-order valence-corrected chi connectivity index (χ1v) is 8.16. The monoisotopic (exact) mass is 332 g/mol. The lowest BCUT2D eigenvalue weighted by atomic mass is 10.2. The first-order valence-electron chi connectivity index (χ1n) is 6.67. The van der Waals surface area contributed by atoms with Crippen molar-refractivity contribution in [2.24, 2.45) is 0 Å². The lowest BCUT2D eigenvalue weighted by Crippen LogP contribution is -2.06. The third kappa shape index (κ3) is 3.07. The molecule has 0 amide bonds. The molecule has 2 N–H and O–H groups in total. The van der Waals surface area contributed by atoms with Gasteiger partial charge in [0.1, 0.15) is 27.4 Å². The third-order valence-electron chi connectivity index (χ3n) is 3.44. The maximum absolute atomic E-state index is 12.7.